The highest BCUT2D eigenvalue weighted by molar-refractivity contribution is 5.86. The third-order valence-corrected chi connectivity index (χ3v) is 4.62. The number of para-hydroxylation sites is 1. The van der Waals surface area contributed by atoms with Gasteiger partial charge in [0.2, 0.25) is 5.91 Å². The monoisotopic (exact) mass is 321 g/mol. The number of piperidine rings is 1. The predicted molar refractivity (Wildman–Crippen MR) is 86.1 cm³/mol. The van der Waals surface area contributed by atoms with Crippen molar-refractivity contribution in [1.29, 1.82) is 0 Å². The molecule has 2 atom stereocenters. The molecule has 0 aliphatic carbocycles. The molecule has 2 bridgehead atoms. The van der Waals surface area contributed by atoms with Crippen LogP contribution in [-0.4, -0.2) is 29.2 Å². The van der Waals surface area contributed by atoms with Crippen molar-refractivity contribution in [3.05, 3.63) is 30.0 Å². The Kier molecular flexibility index (Phi) is 4.36. The molecular weight excluding hydrogens is 302 g/mol. The van der Waals surface area contributed by atoms with E-state index in [0.717, 1.165) is 29.5 Å². The van der Waals surface area contributed by atoms with Crippen molar-refractivity contribution in [2.24, 2.45) is 0 Å². The lowest BCUT2D eigenvalue weighted by atomic mass is 9.99. The van der Waals surface area contributed by atoms with Crippen LogP contribution in [0.25, 0.3) is 11.0 Å². The number of hydrogen-bond acceptors (Lipinski definition) is 4. The molecule has 2 fully saturated rings. The average Bonchev–Trinajstić information content (AvgIpc) is 3.03. The summed E-state index contributed by atoms with van der Waals surface area (Å²) in [6.07, 6.45) is 4.86. The van der Waals surface area contributed by atoms with Gasteiger partial charge in [-0.1, -0.05) is 17.3 Å². The van der Waals surface area contributed by atoms with Crippen LogP contribution in [0.15, 0.2) is 28.8 Å². The van der Waals surface area contributed by atoms with Crippen LogP contribution in [0.2, 0.25) is 0 Å². The first kappa shape index (κ1) is 15.3. The number of fused-ring (bicyclic) bond motifs is 3. The zero-order valence-corrected chi connectivity index (χ0v) is 13.1. The summed E-state index contributed by atoms with van der Waals surface area (Å²) >= 11 is 0. The lowest BCUT2D eigenvalue weighted by Crippen LogP contribution is -2.48. The molecule has 1 aromatic heterocycles. The summed E-state index contributed by atoms with van der Waals surface area (Å²) in [6, 6.07) is 9.12. The smallest absolute Gasteiger partial charge is 0.226 e. The zero-order valence-electron chi connectivity index (χ0n) is 12.2. The van der Waals surface area contributed by atoms with E-state index in [0.29, 0.717) is 18.1 Å². The summed E-state index contributed by atoms with van der Waals surface area (Å²) in [5, 5.41) is 11.7. The summed E-state index contributed by atoms with van der Waals surface area (Å²) in [7, 11) is 0. The van der Waals surface area contributed by atoms with E-state index in [1.165, 1.54) is 12.8 Å². The maximum absolute atomic E-state index is 12.2. The fourth-order valence-corrected chi connectivity index (χ4v) is 3.67. The number of amides is 1. The number of aromatic nitrogens is 1. The van der Waals surface area contributed by atoms with Gasteiger partial charge in [-0.2, -0.15) is 0 Å². The van der Waals surface area contributed by atoms with Gasteiger partial charge in [-0.05, 0) is 37.8 Å². The highest BCUT2D eigenvalue weighted by atomic mass is 35.5. The van der Waals surface area contributed by atoms with Crippen LogP contribution in [0.5, 0.6) is 0 Å². The largest absolute Gasteiger partial charge is 0.356 e. The molecule has 2 unspecified atom stereocenters. The lowest BCUT2D eigenvalue weighted by molar-refractivity contribution is -0.121. The van der Waals surface area contributed by atoms with Crippen LogP contribution in [0.1, 0.15) is 31.4 Å². The fraction of sp³-hybridized carbons (Fsp3) is 0.500. The van der Waals surface area contributed by atoms with Crippen LogP contribution < -0.4 is 10.6 Å². The summed E-state index contributed by atoms with van der Waals surface area (Å²) in [4.78, 5) is 12.2. The Labute approximate surface area is 135 Å². The van der Waals surface area contributed by atoms with E-state index in [2.05, 4.69) is 15.8 Å². The first-order valence-corrected chi connectivity index (χ1v) is 7.66. The Balaban J connectivity index is 0.00000144. The molecule has 5 nitrogen and oxygen atoms in total. The van der Waals surface area contributed by atoms with Crippen molar-refractivity contribution < 1.29 is 9.32 Å². The molecular formula is C16H20ClN3O2. The first-order chi connectivity index (χ1) is 10.3. The van der Waals surface area contributed by atoms with Gasteiger partial charge in [0, 0.05) is 23.5 Å². The van der Waals surface area contributed by atoms with Crippen molar-refractivity contribution in [3.63, 3.8) is 0 Å². The summed E-state index contributed by atoms with van der Waals surface area (Å²) in [6.45, 7) is 0. The molecule has 0 saturated carbocycles. The van der Waals surface area contributed by atoms with Gasteiger partial charge in [-0.15, -0.1) is 12.4 Å². The number of rotatable bonds is 3. The third-order valence-electron chi connectivity index (χ3n) is 4.62. The quantitative estimate of drug-likeness (QED) is 0.909. The molecule has 22 heavy (non-hydrogen) atoms. The highest BCUT2D eigenvalue weighted by Gasteiger charge is 2.34. The number of nitrogens with one attached hydrogen (secondary N) is 2. The molecule has 1 aromatic carbocycles. The molecule has 1 amide bonds. The second-order valence-electron chi connectivity index (χ2n) is 6.18. The molecule has 4 rings (SSSR count). The van der Waals surface area contributed by atoms with Crippen molar-refractivity contribution in [1.82, 2.24) is 15.8 Å². The minimum atomic E-state index is 0. The van der Waals surface area contributed by atoms with Crippen LogP contribution in [0.3, 0.4) is 0 Å². The zero-order chi connectivity index (χ0) is 14.2. The van der Waals surface area contributed by atoms with E-state index in [9.17, 15) is 4.79 Å². The Hall–Kier alpha value is -1.59. The Morgan fingerprint density at radius 3 is 2.77 bits per heavy atom. The minimum absolute atomic E-state index is 0. The van der Waals surface area contributed by atoms with E-state index in [-0.39, 0.29) is 24.7 Å². The average molecular weight is 322 g/mol. The van der Waals surface area contributed by atoms with Gasteiger partial charge < -0.3 is 15.2 Å². The van der Waals surface area contributed by atoms with Gasteiger partial charge in [-0.3, -0.25) is 4.79 Å². The van der Waals surface area contributed by atoms with Crippen molar-refractivity contribution in [2.75, 3.05) is 0 Å². The molecule has 2 aromatic rings. The predicted octanol–water partition coefficient (Wildman–Crippen LogP) is 2.19. The SMILES string of the molecule is Cl.O=C(Cc1noc2ccccc12)NC1CC2CCC(C1)N2. The molecule has 2 saturated heterocycles. The van der Waals surface area contributed by atoms with Crippen molar-refractivity contribution >= 4 is 29.3 Å². The topological polar surface area (TPSA) is 67.2 Å². The normalized spacial score (nSPS) is 26.6. The van der Waals surface area contributed by atoms with Gasteiger partial charge in [-0.25, -0.2) is 0 Å². The molecule has 6 heteroatoms. The van der Waals surface area contributed by atoms with E-state index in [1.807, 2.05) is 24.3 Å². The van der Waals surface area contributed by atoms with Gasteiger partial charge in [0.05, 0.1) is 6.42 Å². The standard InChI is InChI=1S/C16H19N3O2.ClH/c20-16(18-12-7-10-5-6-11(8-12)17-10)9-14-13-3-1-2-4-15(13)21-19-14;/h1-4,10-12,17H,5-9H2,(H,18,20);1H. The molecule has 0 spiro atoms. The second kappa shape index (κ2) is 6.26. The lowest BCUT2D eigenvalue weighted by Gasteiger charge is -2.29. The Morgan fingerprint density at radius 1 is 1.27 bits per heavy atom. The maximum Gasteiger partial charge on any atom is 0.226 e. The van der Waals surface area contributed by atoms with Crippen molar-refractivity contribution in [2.45, 2.75) is 50.2 Å². The number of carbonyl (C=O) groups excluding carboxylic acids is 1. The summed E-state index contributed by atoms with van der Waals surface area (Å²) in [5.74, 6) is 0.0420. The number of nitrogens with zero attached hydrogens (tertiary/aromatic N) is 1. The number of carbonyl (C=O) groups is 1. The number of hydrogen-bond donors (Lipinski definition) is 2. The van der Waals surface area contributed by atoms with Gasteiger partial charge in [0.25, 0.3) is 0 Å². The molecule has 2 N–H and O–H groups in total. The minimum Gasteiger partial charge on any atom is -0.356 e. The van der Waals surface area contributed by atoms with E-state index >= 15 is 0 Å². The first-order valence-electron chi connectivity index (χ1n) is 7.66. The molecule has 118 valence electrons. The summed E-state index contributed by atoms with van der Waals surface area (Å²) in [5.41, 5.74) is 1.46. The van der Waals surface area contributed by atoms with Crippen LogP contribution in [-0.2, 0) is 11.2 Å². The third kappa shape index (κ3) is 2.96. The summed E-state index contributed by atoms with van der Waals surface area (Å²) < 4.78 is 5.24. The fourth-order valence-electron chi connectivity index (χ4n) is 3.67. The van der Waals surface area contributed by atoms with Crippen LogP contribution in [0, 0.1) is 0 Å². The molecule has 2 aliphatic rings. The van der Waals surface area contributed by atoms with Crippen LogP contribution >= 0.6 is 12.4 Å². The molecule has 2 aliphatic heterocycles. The number of benzene rings is 1. The Morgan fingerprint density at radius 2 is 2.00 bits per heavy atom. The maximum atomic E-state index is 12.2. The van der Waals surface area contributed by atoms with E-state index in [4.69, 9.17) is 4.52 Å². The molecule has 3 heterocycles. The van der Waals surface area contributed by atoms with Crippen LogP contribution in [0.4, 0.5) is 0 Å². The van der Waals surface area contributed by atoms with E-state index in [1.54, 1.807) is 0 Å². The number of halogens is 1. The Bertz CT molecular complexity index is 660. The molecule has 0 radical (unpaired) electrons. The highest BCUT2D eigenvalue weighted by Crippen LogP contribution is 2.27. The second-order valence-corrected chi connectivity index (χ2v) is 6.18. The van der Waals surface area contributed by atoms with Gasteiger partial charge in [0.15, 0.2) is 5.58 Å². The van der Waals surface area contributed by atoms with Crippen molar-refractivity contribution in [3.8, 4) is 0 Å². The van der Waals surface area contributed by atoms with Gasteiger partial charge in [0.1, 0.15) is 5.69 Å². The van der Waals surface area contributed by atoms with Gasteiger partial charge >= 0.3 is 0 Å². The van der Waals surface area contributed by atoms with E-state index < -0.39 is 0 Å².